The number of rotatable bonds is 6. The number of carbonyl (C=O) groups is 1. The molecule has 2 rings (SSSR count). The molecule has 1 aliphatic heterocycles. The van der Waals surface area contributed by atoms with Crippen molar-refractivity contribution < 1.29 is 9.90 Å². The first-order chi connectivity index (χ1) is 10.2. The monoisotopic (exact) mass is 290 g/mol. The summed E-state index contributed by atoms with van der Waals surface area (Å²) in [4.78, 5) is 16.0. The molecule has 1 aromatic rings. The summed E-state index contributed by atoms with van der Waals surface area (Å²) >= 11 is 0. The van der Waals surface area contributed by atoms with Crippen molar-refractivity contribution in [3.8, 4) is 0 Å². The van der Waals surface area contributed by atoms with Crippen LogP contribution in [0.4, 0.5) is 5.69 Å². The van der Waals surface area contributed by atoms with Gasteiger partial charge in [-0.1, -0.05) is 12.1 Å². The number of hydrogen-bond donors (Lipinski definition) is 1. The van der Waals surface area contributed by atoms with Gasteiger partial charge < -0.3 is 14.9 Å². The molecule has 1 aromatic carbocycles. The van der Waals surface area contributed by atoms with E-state index in [1.54, 1.807) is 4.90 Å². The fourth-order valence-electron chi connectivity index (χ4n) is 2.75. The number of aliphatic hydroxyl groups is 1. The Bertz CT molecular complexity index is 439. The number of piperidine rings is 1. The fourth-order valence-corrected chi connectivity index (χ4v) is 2.75. The molecule has 4 heteroatoms. The SMILES string of the molecule is CN(Cc1ccc(N2CCCCC2)cc1)C(=O)CCCO. The first-order valence-corrected chi connectivity index (χ1v) is 7.89. The van der Waals surface area contributed by atoms with Crippen LogP contribution in [0, 0.1) is 0 Å². The zero-order chi connectivity index (χ0) is 15.1. The second-order valence-electron chi connectivity index (χ2n) is 5.79. The molecule has 0 bridgehead atoms. The quantitative estimate of drug-likeness (QED) is 0.875. The van der Waals surface area contributed by atoms with E-state index >= 15 is 0 Å². The summed E-state index contributed by atoms with van der Waals surface area (Å²) < 4.78 is 0. The van der Waals surface area contributed by atoms with Crippen LogP contribution in [-0.4, -0.2) is 42.7 Å². The molecule has 1 aliphatic rings. The van der Waals surface area contributed by atoms with E-state index in [9.17, 15) is 4.79 Å². The average molecular weight is 290 g/mol. The van der Waals surface area contributed by atoms with Crippen LogP contribution in [0.1, 0.15) is 37.7 Å². The van der Waals surface area contributed by atoms with E-state index in [2.05, 4.69) is 29.2 Å². The third-order valence-electron chi connectivity index (χ3n) is 4.05. The summed E-state index contributed by atoms with van der Waals surface area (Å²) in [5.41, 5.74) is 2.43. The normalized spacial score (nSPS) is 15.0. The van der Waals surface area contributed by atoms with E-state index in [1.165, 1.54) is 24.9 Å². The van der Waals surface area contributed by atoms with Crippen LogP contribution in [0.2, 0.25) is 0 Å². The van der Waals surface area contributed by atoms with Gasteiger partial charge in [0, 0.05) is 45.4 Å². The predicted octanol–water partition coefficient (Wildman–Crippen LogP) is 2.41. The van der Waals surface area contributed by atoms with Crippen LogP contribution < -0.4 is 4.90 Å². The van der Waals surface area contributed by atoms with E-state index < -0.39 is 0 Å². The molecule has 116 valence electrons. The fraction of sp³-hybridized carbons (Fsp3) is 0.588. The highest BCUT2D eigenvalue weighted by Gasteiger charge is 2.12. The molecule has 0 aromatic heterocycles. The Morgan fingerprint density at radius 1 is 1.19 bits per heavy atom. The van der Waals surface area contributed by atoms with Gasteiger partial charge >= 0.3 is 0 Å². The molecule has 0 radical (unpaired) electrons. The molecule has 21 heavy (non-hydrogen) atoms. The van der Waals surface area contributed by atoms with Crippen LogP contribution in [0.15, 0.2) is 24.3 Å². The number of hydrogen-bond acceptors (Lipinski definition) is 3. The van der Waals surface area contributed by atoms with Crippen LogP contribution in [0.5, 0.6) is 0 Å². The molecule has 0 spiro atoms. The molecule has 1 N–H and O–H groups in total. The summed E-state index contributed by atoms with van der Waals surface area (Å²) in [6.45, 7) is 3.01. The zero-order valence-corrected chi connectivity index (χ0v) is 12.9. The first-order valence-electron chi connectivity index (χ1n) is 7.89. The summed E-state index contributed by atoms with van der Waals surface area (Å²) in [7, 11) is 1.82. The van der Waals surface area contributed by atoms with Gasteiger partial charge in [0.05, 0.1) is 0 Å². The molecule has 1 saturated heterocycles. The van der Waals surface area contributed by atoms with Crippen molar-refractivity contribution in [2.75, 3.05) is 31.6 Å². The number of aliphatic hydroxyl groups excluding tert-OH is 1. The molecule has 0 atom stereocenters. The lowest BCUT2D eigenvalue weighted by atomic mass is 10.1. The van der Waals surface area contributed by atoms with Crippen molar-refractivity contribution in [3.63, 3.8) is 0 Å². The number of amides is 1. The maximum atomic E-state index is 11.8. The average Bonchev–Trinajstić information content (AvgIpc) is 2.54. The van der Waals surface area contributed by atoms with Gasteiger partial charge in [-0.2, -0.15) is 0 Å². The number of nitrogens with zero attached hydrogens (tertiary/aromatic N) is 2. The summed E-state index contributed by atoms with van der Waals surface area (Å²) in [5.74, 6) is 0.0872. The lowest BCUT2D eigenvalue weighted by Crippen LogP contribution is -2.29. The summed E-state index contributed by atoms with van der Waals surface area (Å²) in [6, 6.07) is 8.54. The number of carbonyl (C=O) groups excluding carboxylic acids is 1. The third-order valence-corrected chi connectivity index (χ3v) is 4.05. The lowest BCUT2D eigenvalue weighted by Gasteiger charge is -2.29. The van der Waals surface area contributed by atoms with E-state index in [4.69, 9.17) is 5.11 Å². The van der Waals surface area contributed by atoms with Crippen molar-refractivity contribution in [3.05, 3.63) is 29.8 Å². The van der Waals surface area contributed by atoms with Crippen LogP contribution in [-0.2, 0) is 11.3 Å². The zero-order valence-electron chi connectivity index (χ0n) is 12.9. The van der Waals surface area contributed by atoms with Gasteiger partial charge in [-0.05, 0) is 43.4 Å². The van der Waals surface area contributed by atoms with E-state index in [1.807, 2.05) is 7.05 Å². The Kier molecular flexibility index (Phi) is 6.05. The predicted molar refractivity (Wildman–Crippen MR) is 85.3 cm³/mol. The molecule has 0 aliphatic carbocycles. The Morgan fingerprint density at radius 3 is 2.48 bits per heavy atom. The van der Waals surface area contributed by atoms with Gasteiger partial charge in [-0.15, -0.1) is 0 Å². The molecule has 1 heterocycles. The maximum absolute atomic E-state index is 11.8. The van der Waals surface area contributed by atoms with Crippen molar-refractivity contribution >= 4 is 11.6 Å². The molecule has 0 unspecified atom stereocenters. The Balaban J connectivity index is 1.88. The van der Waals surface area contributed by atoms with Crippen molar-refractivity contribution in [1.29, 1.82) is 0 Å². The highest BCUT2D eigenvalue weighted by atomic mass is 16.3. The number of anilines is 1. The second-order valence-corrected chi connectivity index (χ2v) is 5.79. The van der Waals surface area contributed by atoms with Gasteiger partial charge in [0.2, 0.25) is 5.91 Å². The van der Waals surface area contributed by atoms with Gasteiger partial charge in [0.1, 0.15) is 0 Å². The number of benzene rings is 1. The Morgan fingerprint density at radius 2 is 1.86 bits per heavy atom. The standard InChI is InChI=1S/C17H26N2O2/c1-18(17(21)6-5-13-20)14-15-7-9-16(10-8-15)19-11-3-2-4-12-19/h7-10,20H,2-6,11-14H2,1H3. The molecular formula is C17H26N2O2. The van der Waals surface area contributed by atoms with Gasteiger partial charge in [0.15, 0.2) is 0 Å². The van der Waals surface area contributed by atoms with Crippen molar-refractivity contribution in [1.82, 2.24) is 4.90 Å². The van der Waals surface area contributed by atoms with E-state index in [0.717, 1.165) is 18.7 Å². The molecular weight excluding hydrogens is 264 g/mol. The maximum Gasteiger partial charge on any atom is 0.222 e. The van der Waals surface area contributed by atoms with Gasteiger partial charge in [-0.25, -0.2) is 0 Å². The third kappa shape index (κ3) is 4.74. The highest BCUT2D eigenvalue weighted by Crippen LogP contribution is 2.20. The van der Waals surface area contributed by atoms with E-state index in [-0.39, 0.29) is 12.5 Å². The molecule has 1 amide bonds. The lowest BCUT2D eigenvalue weighted by molar-refractivity contribution is -0.130. The minimum atomic E-state index is 0.0735. The van der Waals surface area contributed by atoms with Crippen molar-refractivity contribution in [2.24, 2.45) is 0 Å². The second kappa shape index (κ2) is 8.03. The topological polar surface area (TPSA) is 43.8 Å². The van der Waals surface area contributed by atoms with Gasteiger partial charge in [0.25, 0.3) is 0 Å². The Hall–Kier alpha value is -1.55. The van der Waals surface area contributed by atoms with Crippen molar-refractivity contribution in [2.45, 2.75) is 38.6 Å². The summed E-state index contributed by atoms with van der Waals surface area (Å²) in [5, 5.41) is 8.77. The van der Waals surface area contributed by atoms with Gasteiger partial charge in [-0.3, -0.25) is 4.79 Å². The minimum absolute atomic E-state index is 0.0735. The smallest absolute Gasteiger partial charge is 0.222 e. The van der Waals surface area contributed by atoms with Crippen LogP contribution in [0.3, 0.4) is 0 Å². The van der Waals surface area contributed by atoms with Crippen LogP contribution >= 0.6 is 0 Å². The first kappa shape index (κ1) is 15.8. The minimum Gasteiger partial charge on any atom is -0.396 e. The van der Waals surface area contributed by atoms with Crippen LogP contribution in [0.25, 0.3) is 0 Å². The molecule has 1 fully saturated rings. The molecule has 4 nitrogen and oxygen atoms in total. The Labute approximate surface area is 127 Å². The highest BCUT2D eigenvalue weighted by molar-refractivity contribution is 5.75. The molecule has 0 saturated carbocycles. The van der Waals surface area contributed by atoms with E-state index in [0.29, 0.717) is 19.4 Å². The summed E-state index contributed by atoms with van der Waals surface area (Å²) in [6.07, 6.45) is 4.86. The largest absolute Gasteiger partial charge is 0.396 e.